The van der Waals surface area contributed by atoms with E-state index < -0.39 is 0 Å². The van der Waals surface area contributed by atoms with Gasteiger partial charge in [0.1, 0.15) is 0 Å². The summed E-state index contributed by atoms with van der Waals surface area (Å²) in [5.74, 6) is 1.79. The number of carbonyl (C=O) groups excluding carboxylic acids is 1. The molecule has 1 aromatic heterocycles. The van der Waals surface area contributed by atoms with Crippen LogP contribution in [0.25, 0.3) is 0 Å². The maximum absolute atomic E-state index is 12.1. The monoisotopic (exact) mass is 449 g/mol. The Labute approximate surface area is 160 Å². The number of halogens is 1. The van der Waals surface area contributed by atoms with Crippen molar-refractivity contribution in [1.82, 2.24) is 20.7 Å². The normalized spacial score (nSPS) is 15.2. The van der Waals surface area contributed by atoms with Crippen LogP contribution in [-0.2, 0) is 11.3 Å². The van der Waals surface area contributed by atoms with Crippen LogP contribution in [0, 0.1) is 0 Å². The molecule has 0 aliphatic carbocycles. The zero-order valence-electron chi connectivity index (χ0n) is 14.7. The molecule has 0 aromatic carbocycles. The van der Waals surface area contributed by atoms with Gasteiger partial charge in [0.15, 0.2) is 11.7 Å². The van der Waals surface area contributed by atoms with Gasteiger partial charge in [-0.1, -0.05) is 19.0 Å². The first-order chi connectivity index (χ1) is 11.1. The summed E-state index contributed by atoms with van der Waals surface area (Å²) in [5.41, 5.74) is 0.935. The van der Waals surface area contributed by atoms with Crippen molar-refractivity contribution >= 4 is 35.8 Å². The molecule has 24 heavy (non-hydrogen) atoms. The van der Waals surface area contributed by atoms with Gasteiger partial charge < -0.3 is 20.1 Å². The molecule has 0 unspecified atom stereocenters. The quantitative estimate of drug-likeness (QED) is 0.409. The SMILES string of the molecule is CN=C(NCC(=O)N1CCCCC1)NCc1cc(C(C)C)no1.I. The molecular formula is C16H28IN5O2. The first kappa shape index (κ1) is 20.7. The number of hydrogen-bond donors (Lipinski definition) is 2. The van der Waals surface area contributed by atoms with E-state index >= 15 is 0 Å². The Morgan fingerprint density at radius 3 is 2.62 bits per heavy atom. The number of rotatable bonds is 5. The summed E-state index contributed by atoms with van der Waals surface area (Å²) in [7, 11) is 1.68. The number of guanidine groups is 1. The summed E-state index contributed by atoms with van der Waals surface area (Å²) >= 11 is 0. The number of hydrogen-bond acceptors (Lipinski definition) is 4. The molecule has 0 saturated carbocycles. The third-order valence-corrected chi connectivity index (χ3v) is 3.94. The molecule has 1 saturated heterocycles. The van der Waals surface area contributed by atoms with Crippen molar-refractivity contribution in [3.05, 3.63) is 17.5 Å². The highest BCUT2D eigenvalue weighted by atomic mass is 127. The standard InChI is InChI=1S/C16H27N5O2.HI/c1-12(2)14-9-13(23-20-14)10-18-16(17-3)19-11-15(22)21-7-5-4-6-8-21;/h9,12H,4-8,10-11H2,1-3H3,(H2,17,18,19);1H. The van der Waals surface area contributed by atoms with E-state index in [-0.39, 0.29) is 36.4 Å². The Kier molecular flexibility index (Phi) is 9.09. The van der Waals surface area contributed by atoms with Gasteiger partial charge in [0.05, 0.1) is 18.8 Å². The average molecular weight is 449 g/mol. The number of aromatic nitrogens is 1. The van der Waals surface area contributed by atoms with Crippen LogP contribution in [0.2, 0.25) is 0 Å². The molecule has 2 rings (SSSR count). The van der Waals surface area contributed by atoms with Crippen LogP contribution >= 0.6 is 24.0 Å². The van der Waals surface area contributed by atoms with E-state index in [9.17, 15) is 4.79 Å². The summed E-state index contributed by atoms with van der Waals surface area (Å²) in [6.07, 6.45) is 3.42. The van der Waals surface area contributed by atoms with Crippen molar-refractivity contribution in [2.45, 2.75) is 45.6 Å². The molecule has 0 spiro atoms. The Balaban J connectivity index is 0.00000288. The maximum Gasteiger partial charge on any atom is 0.241 e. The van der Waals surface area contributed by atoms with Gasteiger partial charge >= 0.3 is 0 Å². The average Bonchev–Trinajstić information content (AvgIpc) is 3.05. The minimum Gasteiger partial charge on any atom is -0.359 e. The van der Waals surface area contributed by atoms with Gasteiger partial charge in [-0.3, -0.25) is 9.79 Å². The van der Waals surface area contributed by atoms with Crippen LogP contribution in [0.4, 0.5) is 0 Å². The molecule has 1 aromatic rings. The lowest BCUT2D eigenvalue weighted by Crippen LogP contribution is -2.45. The van der Waals surface area contributed by atoms with Gasteiger partial charge in [-0.15, -0.1) is 24.0 Å². The van der Waals surface area contributed by atoms with Gasteiger partial charge in [0, 0.05) is 26.2 Å². The van der Waals surface area contributed by atoms with Crippen molar-refractivity contribution in [3.8, 4) is 0 Å². The predicted molar refractivity (Wildman–Crippen MR) is 105 cm³/mol. The third kappa shape index (κ3) is 6.29. The third-order valence-electron chi connectivity index (χ3n) is 3.94. The van der Waals surface area contributed by atoms with Crippen LogP contribution < -0.4 is 10.6 Å². The van der Waals surface area contributed by atoms with Crippen LogP contribution in [0.15, 0.2) is 15.6 Å². The minimum atomic E-state index is 0. The predicted octanol–water partition coefficient (Wildman–Crippen LogP) is 2.09. The zero-order valence-corrected chi connectivity index (χ0v) is 17.0. The van der Waals surface area contributed by atoms with Crippen molar-refractivity contribution < 1.29 is 9.32 Å². The number of nitrogens with zero attached hydrogens (tertiary/aromatic N) is 3. The molecule has 1 aliphatic rings. The first-order valence-electron chi connectivity index (χ1n) is 8.28. The van der Waals surface area contributed by atoms with E-state index in [0.717, 1.165) is 37.4 Å². The molecule has 2 heterocycles. The summed E-state index contributed by atoms with van der Waals surface area (Å²) < 4.78 is 5.27. The van der Waals surface area contributed by atoms with Crippen LogP contribution in [-0.4, -0.2) is 48.6 Å². The van der Waals surface area contributed by atoms with E-state index in [1.165, 1.54) is 6.42 Å². The van der Waals surface area contributed by atoms with Crippen LogP contribution in [0.5, 0.6) is 0 Å². The van der Waals surface area contributed by atoms with Gasteiger partial charge in [0.2, 0.25) is 5.91 Å². The fraction of sp³-hybridized carbons (Fsp3) is 0.688. The van der Waals surface area contributed by atoms with E-state index in [1.807, 2.05) is 11.0 Å². The largest absolute Gasteiger partial charge is 0.359 e. The summed E-state index contributed by atoms with van der Waals surface area (Å²) in [6, 6.07) is 1.93. The molecule has 8 heteroatoms. The van der Waals surface area contributed by atoms with E-state index in [0.29, 0.717) is 18.4 Å². The van der Waals surface area contributed by atoms with Crippen molar-refractivity contribution in [2.75, 3.05) is 26.7 Å². The number of aliphatic imine (C=N–C) groups is 1. The fourth-order valence-electron chi connectivity index (χ4n) is 2.49. The maximum atomic E-state index is 12.1. The second kappa shape index (κ2) is 10.5. The molecule has 7 nitrogen and oxygen atoms in total. The lowest BCUT2D eigenvalue weighted by molar-refractivity contribution is -0.130. The highest BCUT2D eigenvalue weighted by Gasteiger charge is 2.16. The minimum absolute atomic E-state index is 0. The highest BCUT2D eigenvalue weighted by Crippen LogP contribution is 2.13. The molecule has 1 aliphatic heterocycles. The second-order valence-electron chi connectivity index (χ2n) is 6.09. The fourth-order valence-corrected chi connectivity index (χ4v) is 2.49. The van der Waals surface area contributed by atoms with Crippen LogP contribution in [0.3, 0.4) is 0 Å². The smallest absolute Gasteiger partial charge is 0.241 e. The van der Waals surface area contributed by atoms with Crippen molar-refractivity contribution in [2.24, 2.45) is 4.99 Å². The van der Waals surface area contributed by atoms with E-state index in [4.69, 9.17) is 4.52 Å². The molecule has 0 atom stereocenters. The molecule has 1 amide bonds. The Bertz CT molecular complexity index is 538. The first-order valence-corrected chi connectivity index (χ1v) is 8.28. The molecule has 0 bridgehead atoms. The molecule has 0 radical (unpaired) electrons. The number of amides is 1. The topological polar surface area (TPSA) is 82.8 Å². The van der Waals surface area contributed by atoms with E-state index in [1.54, 1.807) is 7.05 Å². The molecule has 1 fully saturated rings. The zero-order chi connectivity index (χ0) is 16.7. The lowest BCUT2D eigenvalue weighted by Gasteiger charge is -2.27. The summed E-state index contributed by atoms with van der Waals surface area (Å²) in [6.45, 7) is 6.61. The van der Waals surface area contributed by atoms with Gasteiger partial charge in [0.25, 0.3) is 0 Å². The number of piperidine rings is 1. The highest BCUT2D eigenvalue weighted by molar-refractivity contribution is 14.0. The Morgan fingerprint density at radius 2 is 2.04 bits per heavy atom. The number of carbonyl (C=O) groups is 1. The lowest BCUT2D eigenvalue weighted by atomic mass is 10.1. The van der Waals surface area contributed by atoms with Crippen molar-refractivity contribution in [1.29, 1.82) is 0 Å². The van der Waals surface area contributed by atoms with Gasteiger partial charge in [-0.2, -0.15) is 0 Å². The Morgan fingerprint density at radius 1 is 1.33 bits per heavy atom. The summed E-state index contributed by atoms with van der Waals surface area (Å²) in [5, 5.41) is 10.2. The van der Waals surface area contributed by atoms with Gasteiger partial charge in [-0.05, 0) is 25.2 Å². The van der Waals surface area contributed by atoms with Crippen molar-refractivity contribution in [3.63, 3.8) is 0 Å². The summed E-state index contributed by atoms with van der Waals surface area (Å²) in [4.78, 5) is 18.2. The molecule has 2 N–H and O–H groups in total. The van der Waals surface area contributed by atoms with Crippen LogP contribution in [0.1, 0.15) is 50.5 Å². The molecular weight excluding hydrogens is 421 g/mol. The van der Waals surface area contributed by atoms with Gasteiger partial charge in [-0.25, -0.2) is 0 Å². The van der Waals surface area contributed by atoms with E-state index in [2.05, 4.69) is 34.6 Å². The second-order valence-corrected chi connectivity index (χ2v) is 6.09. The molecule has 136 valence electrons. The number of likely N-dealkylation sites (tertiary alicyclic amines) is 1. The number of nitrogens with one attached hydrogen (secondary N) is 2. The Hall–Kier alpha value is -1.32.